The van der Waals surface area contributed by atoms with E-state index in [4.69, 9.17) is 4.74 Å². The van der Waals surface area contributed by atoms with E-state index in [1.165, 1.54) is 36.5 Å². The number of aliphatic hydroxyl groups excluding tert-OH is 1. The molecule has 0 bridgehead atoms. The summed E-state index contributed by atoms with van der Waals surface area (Å²) in [6.07, 6.45) is -0.0221. The fourth-order valence-electron chi connectivity index (χ4n) is 2.56. The number of nitro benzene ring substituents is 1. The molecule has 1 atom stereocenters. The van der Waals surface area contributed by atoms with Crippen LogP contribution in [0.1, 0.15) is 27.6 Å². The summed E-state index contributed by atoms with van der Waals surface area (Å²) >= 11 is 0. The molecule has 0 fully saturated rings. The Bertz CT molecular complexity index is 1110. The minimum absolute atomic E-state index is 0.130. The summed E-state index contributed by atoms with van der Waals surface area (Å²) in [4.78, 5) is 34.3. The van der Waals surface area contributed by atoms with Crippen molar-refractivity contribution < 1.29 is 24.4 Å². The summed E-state index contributed by atoms with van der Waals surface area (Å²) in [5.74, 6) is -1.14. The quantitative estimate of drug-likeness (QED) is 0.199. The number of aliphatic hydroxyl groups is 1. The molecule has 0 saturated carbocycles. The van der Waals surface area contributed by atoms with Gasteiger partial charge in [0, 0.05) is 12.1 Å². The molecule has 0 aliphatic heterocycles. The van der Waals surface area contributed by atoms with Crippen LogP contribution in [0.5, 0.6) is 5.75 Å². The lowest BCUT2D eigenvalue weighted by Crippen LogP contribution is -2.25. The average molecular weight is 419 g/mol. The maximum Gasteiger partial charge on any atom is 0.343 e. The first-order valence-electron chi connectivity index (χ1n) is 9.06. The molecule has 0 aliphatic carbocycles. The molecule has 31 heavy (non-hydrogen) atoms. The van der Waals surface area contributed by atoms with E-state index in [0.717, 1.165) is 0 Å². The van der Waals surface area contributed by atoms with Crippen molar-refractivity contribution in [3.05, 3.63) is 106 Å². The number of ether oxygens (including phenoxy) is 1. The van der Waals surface area contributed by atoms with Gasteiger partial charge >= 0.3 is 5.97 Å². The lowest BCUT2D eigenvalue weighted by Gasteiger charge is -2.08. The third kappa shape index (κ3) is 5.81. The Morgan fingerprint density at radius 2 is 1.74 bits per heavy atom. The number of amides is 1. The predicted octanol–water partition coefficient (Wildman–Crippen LogP) is 3.00. The Labute approximate surface area is 176 Å². The number of hydrazone groups is 1. The van der Waals surface area contributed by atoms with Gasteiger partial charge in [-0.15, -0.1) is 0 Å². The van der Waals surface area contributed by atoms with Crippen molar-refractivity contribution in [1.29, 1.82) is 0 Å². The molecule has 9 heteroatoms. The normalized spacial score (nSPS) is 11.6. The van der Waals surface area contributed by atoms with Gasteiger partial charge in [0.15, 0.2) is 6.10 Å². The molecule has 0 aliphatic rings. The molecule has 0 heterocycles. The van der Waals surface area contributed by atoms with Crippen molar-refractivity contribution in [3.63, 3.8) is 0 Å². The van der Waals surface area contributed by atoms with Crippen LogP contribution in [-0.4, -0.2) is 28.1 Å². The van der Waals surface area contributed by atoms with Crippen molar-refractivity contribution in [1.82, 2.24) is 5.43 Å². The summed E-state index contributed by atoms with van der Waals surface area (Å²) in [6.45, 7) is 0. The molecule has 0 aromatic heterocycles. The molecule has 0 saturated heterocycles. The van der Waals surface area contributed by atoms with Gasteiger partial charge in [-0.05, 0) is 35.4 Å². The second-order valence-electron chi connectivity index (χ2n) is 6.31. The van der Waals surface area contributed by atoms with Crippen molar-refractivity contribution >= 4 is 23.8 Å². The molecule has 9 nitrogen and oxygen atoms in total. The minimum Gasteiger partial charge on any atom is -0.423 e. The Morgan fingerprint density at radius 1 is 1.03 bits per heavy atom. The molecule has 1 unspecified atom stereocenters. The Hall–Kier alpha value is -4.37. The fraction of sp³-hybridized carbons (Fsp3) is 0.0455. The van der Waals surface area contributed by atoms with Gasteiger partial charge in [0.1, 0.15) is 5.75 Å². The molecule has 2 N–H and O–H groups in total. The van der Waals surface area contributed by atoms with Crippen LogP contribution in [0, 0.1) is 10.1 Å². The van der Waals surface area contributed by atoms with Crippen LogP contribution < -0.4 is 10.2 Å². The number of nitro groups is 1. The zero-order chi connectivity index (χ0) is 22.2. The van der Waals surface area contributed by atoms with Crippen LogP contribution in [-0.2, 0) is 4.79 Å². The number of nitrogens with one attached hydrogen (secondary N) is 1. The molecule has 3 aromatic carbocycles. The van der Waals surface area contributed by atoms with Crippen molar-refractivity contribution in [3.8, 4) is 5.75 Å². The number of hydrogen-bond donors (Lipinski definition) is 2. The standard InChI is InChI=1S/C22H17N3O6/c26-20(16-6-2-1-3-7-16)21(27)24-23-14-15-5-4-8-19(13-15)31-22(28)17-9-11-18(12-10-17)25(29)30/h1-14,20,26H,(H,24,27)/b23-14+. The van der Waals surface area contributed by atoms with E-state index in [1.807, 2.05) is 0 Å². The zero-order valence-corrected chi connectivity index (χ0v) is 16.0. The van der Waals surface area contributed by atoms with Gasteiger partial charge in [-0.2, -0.15) is 5.10 Å². The van der Waals surface area contributed by atoms with Gasteiger partial charge in [0.25, 0.3) is 11.6 Å². The smallest absolute Gasteiger partial charge is 0.343 e. The minimum atomic E-state index is -1.35. The highest BCUT2D eigenvalue weighted by molar-refractivity contribution is 5.91. The van der Waals surface area contributed by atoms with E-state index in [9.17, 15) is 24.8 Å². The van der Waals surface area contributed by atoms with E-state index in [1.54, 1.807) is 48.5 Å². The number of esters is 1. The van der Waals surface area contributed by atoms with Gasteiger partial charge in [0.05, 0.1) is 16.7 Å². The number of rotatable bonds is 7. The highest BCUT2D eigenvalue weighted by atomic mass is 16.6. The summed E-state index contributed by atoms with van der Waals surface area (Å²) < 4.78 is 5.27. The van der Waals surface area contributed by atoms with Crippen LogP contribution in [0.2, 0.25) is 0 Å². The molecule has 0 radical (unpaired) electrons. The molecule has 1 amide bonds. The van der Waals surface area contributed by atoms with E-state index in [2.05, 4.69) is 10.5 Å². The van der Waals surface area contributed by atoms with E-state index in [-0.39, 0.29) is 17.0 Å². The molecular weight excluding hydrogens is 402 g/mol. The summed E-state index contributed by atoms with van der Waals surface area (Å²) in [7, 11) is 0. The largest absolute Gasteiger partial charge is 0.423 e. The number of non-ortho nitro benzene ring substituents is 1. The van der Waals surface area contributed by atoms with Gasteiger partial charge < -0.3 is 9.84 Å². The molecule has 0 spiro atoms. The average Bonchev–Trinajstić information content (AvgIpc) is 2.79. The van der Waals surface area contributed by atoms with Gasteiger partial charge in [0.2, 0.25) is 0 Å². The predicted molar refractivity (Wildman–Crippen MR) is 112 cm³/mol. The molecule has 156 valence electrons. The number of benzene rings is 3. The molecule has 3 aromatic rings. The van der Waals surface area contributed by atoms with Crippen LogP contribution >= 0.6 is 0 Å². The van der Waals surface area contributed by atoms with Crippen LogP contribution in [0.25, 0.3) is 0 Å². The number of hydrogen-bond acceptors (Lipinski definition) is 7. The van der Waals surface area contributed by atoms with Gasteiger partial charge in [-0.3, -0.25) is 14.9 Å². The summed E-state index contributed by atoms with van der Waals surface area (Å²) in [5, 5.41) is 24.5. The second-order valence-corrected chi connectivity index (χ2v) is 6.31. The highest BCUT2D eigenvalue weighted by Gasteiger charge is 2.16. The molecular formula is C22H17N3O6. The highest BCUT2D eigenvalue weighted by Crippen LogP contribution is 2.17. The number of carbonyl (C=O) groups excluding carboxylic acids is 2. The van der Waals surface area contributed by atoms with E-state index in [0.29, 0.717) is 11.1 Å². The zero-order valence-electron chi connectivity index (χ0n) is 16.0. The van der Waals surface area contributed by atoms with Gasteiger partial charge in [-0.25, -0.2) is 10.2 Å². The monoisotopic (exact) mass is 419 g/mol. The Kier molecular flexibility index (Phi) is 6.82. The second kappa shape index (κ2) is 9.90. The van der Waals surface area contributed by atoms with Crippen molar-refractivity contribution in [2.24, 2.45) is 5.10 Å². The molecule has 3 rings (SSSR count). The van der Waals surface area contributed by atoms with Gasteiger partial charge in [-0.1, -0.05) is 42.5 Å². The fourth-order valence-corrected chi connectivity index (χ4v) is 2.56. The summed E-state index contributed by atoms with van der Waals surface area (Å²) in [6, 6.07) is 19.8. The third-order valence-corrected chi connectivity index (χ3v) is 4.13. The van der Waals surface area contributed by atoms with E-state index < -0.39 is 22.9 Å². The lowest BCUT2D eigenvalue weighted by atomic mass is 10.1. The topological polar surface area (TPSA) is 131 Å². The van der Waals surface area contributed by atoms with Crippen LogP contribution in [0.4, 0.5) is 5.69 Å². The first-order valence-corrected chi connectivity index (χ1v) is 9.06. The Balaban J connectivity index is 1.60. The maximum atomic E-state index is 12.2. The van der Waals surface area contributed by atoms with E-state index >= 15 is 0 Å². The third-order valence-electron chi connectivity index (χ3n) is 4.13. The maximum absolute atomic E-state index is 12.2. The first kappa shape index (κ1) is 21.3. The Morgan fingerprint density at radius 3 is 2.42 bits per heavy atom. The number of nitrogens with zero attached hydrogens (tertiary/aromatic N) is 2. The van der Waals surface area contributed by atoms with Crippen molar-refractivity contribution in [2.45, 2.75) is 6.10 Å². The first-order chi connectivity index (χ1) is 14.9. The van der Waals surface area contributed by atoms with Crippen LogP contribution in [0.3, 0.4) is 0 Å². The lowest BCUT2D eigenvalue weighted by molar-refractivity contribution is -0.384. The number of carbonyl (C=O) groups is 2. The van der Waals surface area contributed by atoms with Crippen LogP contribution in [0.15, 0.2) is 84.0 Å². The van der Waals surface area contributed by atoms with Crippen molar-refractivity contribution in [2.75, 3.05) is 0 Å². The summed E-state index contributed by atoms with van der Waals surface area (Å²) in [5.41, 5.74) is 3.25. The SMILES string of the molecule is O=C(Oc1cccc(/C=N/NC(=O)C(O)c2ccccc2)c1)c1ccc([N+](=O)[O-])cc1.